The van der Waals surface area contributed by atoms with Crippen LogP contribution in [0, 0.1) is 29.6 Å². The lowest BCUT2D eigenvalue weighted by Gasteiger charge is -2.52. The Bertz CT molecular complexity index is 1690. The van der Waals surface area contributed by atoms with Gasteiger partial charge in [-0.25, -0.2) is 0 Å². The first-order valence-electron chi connectivity index (χ1n) is 22.9. The molecule has 0 radical (unpaired) electrons. The smallest absolute Gasteiger partial charge is 0.306 e. The second-order valence-electron chi connectivity index (χ2n) is 20.6. The normalized spacial score (nSPS) is 52.2. The number of fused-ring (bicyclic) bond motifs is 5. The molecule has 60 heavy (non-hydrogen) atoms. The van der Waals surface area contributed by atoms with Crippen LogP contribution in [0.3, 0.4) is 0 Å². The van der Waals surface area contributed by atoms with E-state index in [1.165, 1.54) is 6.08 Å². The van der Waals surface area contributed by atoms with E-state index in [2.05, 4.69) is 46.5 Å². The van der Waals surface area contributed by atoms with Gasteiger partial charge in [0.25, 0.3) is 0 Å². The summed E-state index contributed by atoms with van der Waals surface area (Å²) in [6.07, 6.45) is 8.96. The zero-order valence-electron chi connectivity index (χ0n) is 36.0. The lowest BCUT2D eigenvalue weighted by Crippen LogP contribution is -2.60. The monoisotopic (exact) mass is 843 g/mol. The van der Waals surface area contributed by atoms with Gasteiger partial charge in [0.15, 0.2) is 23.1 Å². The summed E-state index contributed by atoms with van der Waals surface area (Å²) in [5, 5.41) is 46.9. The van der Waals surface area contributed by atoms with Crippen LogP contribution in [-0.2, 0) is 42.7 Å². The predicted octanol–water partition coefficient (Wildman–Crippen LogP) is 4.98. The third kappa shape index (κ3) is 8.01. The highest BCUT2D eigenvalue weighted by Crippen LogP contribution is 2.55. The Kier molecular flexibility index (Phi) is 11.6. The molecule has 8 fully saturated rings. The molecule has 14 heteroatoms. The van der Waals surface area contributed by atoms with E-state index in [0.29, 0.717) is 62.7 Å². The number of carboxylic acid groups (broad SMARTS) is 1. The first kappa shape index (κ1) is 43.5. The molecule has 0 aliphatic carbocycles. The number of nitrogens with one attached hydrogen (secondary N) is 1. The van der Waals surface area contributed by atoms with Crippen LogP contribution < -0.4 is 5.32 Å². The van der Waals surface area contributed by atoms with Crippen LogP contribution in [0.5, 0.6) is 0 Å². The number of carboxylic acids is 1. The van der Waals surface area contributed by atoms with Gasteiger partial charge in [-0.2, -0.15) is 0 Å². The van der Waals surface area contributed by atoms with Crippen LogP contribution in [0.4, 0.5) is 0 Å². The number of ether oxygens (including phenoxy) is 8. The van der Waals surface area contributed by atoms with Gasteiger partial charge in [-0.3, -0.25) is 10.1 Å². The number of aliphatic hydroxyl groups is 3. The number of aliphatic hydroxyl groups excluding tert-OH is 2. The number of aliphatic carboxylic acids is 1. The van der Waals surface area contributed by atoms with Crippen molar-refractivity contribution in [1.82, 2.24) is 5.32 Å². The van der Waals surface area contributed by atoms with Crippen molar-refractivity contribution in [3.05, 3.63) is 36.5 Å². The molecule has 9 heterocycles. The molecular formula is C46H69NO13. The Morgan fingerprint density at radius 3 is 2.47 bits per heavy atom. The zero-order valence-corrected chi connectivity index (χ0v) is 36.0. The average Bonchev–Trinajstić information content (AvgIpc) is 3.87. The third-order valence-corrected chi connectivity index (χ3v) is 15.6. The zero-order chi connectivity index (χ0) is 42.4. The van der Waals surface area contributed by atoms with Crippen molar-refractivity contribution in [3.8, 4) is 0 Å². The molecule has 1 unspecified atom stereocenters. The highest BCUT2D eigenvalue weighted by molar-refractivity contribution is 5.67. The van der Waals surface area contributed by atoms with Crippen molar-refractivity contribution in [2.45, 2.75) is 208 Å². The molecule has 0 aromatic carbocycles. The lowest BCUT2D eigenvalue weighted by molar-refractivity contribution is -0.366. The molecule has 0 aromatic heterocycles. The quantitative estimate of drug-likeness (QED) is 0.196. The van der Waals surface area contributed by atoms with E-state index in [1.807, 2.05) is 12.2 Å². The Labute approximate surface area is 354 Å². The van der Waals surface area contributed by atoms with Gasteiger partial charge < -0.3 is 58.3 Å². The second-order valence-corrected chi connectivity index (χ2v) is 20.6. The van der Waals surface area contributed by atoms with E-state index in [0.717, 1.165) is 37.8 Å². The summed E-state index contributed by atoms with van der Waals surface area (Å²) in [5.41, 5.74) is 0.376. The molecule has 9 aliphatic heterocycles. The van der Waals surface area contributed by atoms with Crippen molar-refractivity contribution < 1.29 is 63.1 Å². The number of piperidine rings is 1. The molecule has 0 aromatic rings. The largest absolute Gasteiger partial charge is 0.481 e. The molecule has 0 saturated carbocycles. The number of hydrogen-bond donors (Lipinski definition) is 5. The molecule has 336 valence electrons. The Morgan fingerprint density at radius 1 is 0.883 bits per heavy atom. The topological polar surface area (TPSA) is 184 Å². The van der Waals surface area contributed by atoms with E-state index in [1.54, 1.807) is 6.08 Å². The standard InChI is InChI=1S/C46H69NO13/c1-25-17-35-40-37(23-44(58-40)29(5)16-26(2)24-47-44)56-43(21-25,55-35)22-28(4)39-27(3)11-13-45(52,59-39)41(51)36-20-34-33(53-36)18-30(6)46(57-34)15-14-42(60-46)12-7-8-32(54-42)10-9-31(48)19-38(49)50/h7-10,25-27,29-37,39-41,47-48,51-52H,4,11-24H2,1-3,5-6H3,(H,49,50)/b10-9+/t25-,26+,27-,29-,30+,31?,32-,33+,34+,35+,36-,37+,39-,40+,41+,42-,43-,44-,45+,46+/m0/s1. The molecule has 20 atom stereocenters. The van der Waals surface area contributed by atoms with Gasteiger partial charge in [0.05, 0.1) is 55.3 Å². The number of rotatable bonds is 9. The second kappa shape index (κ2) is 16.0. The summed E-state index contributed by atoms with van der Waals surface area (Å²) in [7, 11) is 0. The van der Waals surface area contributed by atoms with Crippen molar-refractivity contribution >= 4 is 5.97 Å². The maximum Gasteiger partial charge on any atom is 0.306 e. The molecule has 8 saturated heterocycles. The van der Waals surface area contributed by atoms with E-state index in [4.69, 9.17) is 43.0 Å². The van der Waals surface area contributed by atoms with Crippen molar-refractivity contribution in [1.29, 1.82) is 0 Å². The summed E-state index contributed by atoms with van der Waals surface area (Å²) in [5.74, 6) is -4.33. The summed E-state index contributed by atoms with van der Waals surface area (Å²) in [6.45, 7) is 16.5. The van der Waals surface area contributed by atoms with Gasteiger partial charge in [-0.05, 0) is 54.9 Å². The molecule has 0 amide bonds. The summed E-state index contributed by atoms with van der Waals surface area (Å²) in [6, 6.07) is 0. The Balaban J connectivity index is 0.831. The molecule has 3 spiro atoms. The molecule has 5 N–H and O–H groups in total. The fourth-order valence-corrected chi connectivity index (χ4v) is 12.5. The minimum atomic E-state index is -1.86. The van der Waals surface area contributed by atoms with Crippen LogP contribution >= 0.6 is 0 Å². The SMILES string of the molecule is C=C(C[C@@]12C[C@@H](C)C[C@@H](O1)[C@H]1O[C@]3(C[C@H]1O2)NC[C@H](C)C[C@@H]3C)[C@H]1O[C@@](O)([C@H](O)[C@@H]2C[C@H]3O[C@@]4(CC[C@]5(CC=C[C@@H](/C=C/C(O)CC(=O)O)O5)O4)[C@H](C)C[C@H]3O2)CC[C@@H]1C. The minimum Gasteiger partial charge on any atom is -0.481 e. The number of carbonyl (C=O) groups is 1. The van der Waals surface area contributed by atoms with Gasteiger partial charge in [-0.15, -0.1) is 0 Å². The van der Waals surface area contributed by atoms with Crippen LogP contribution in [0.1, 0.15) is 118 Å². The maximum atomic E-state index is 12.2. The van der Waals surface area contributed by atoms with Crippen molar-refractivity contribution in [2.24, 2.45) is 29.6 Å². The molecule has 2 bridgehead atoms. The van der Waals surface area contributed by atoms with Gasteiger partial charge in [0.1, 0.15) is 17.9 Å². The van der Waals surface area contributed by atoms with E-state index >= 15 is 0 Å². The first-order chi connectivity index (χ1) is 28.4. The van der Waals surface area contributed by atoms with E-state index < -0.39 is 65.4 Å². The maximum absolute atomic E-state index is 12.2. The Morgan fingerprint density at radius 2 is 1.68 bits per heavy atom. The van der Waals surface area contributed by atoms with Crippen LogP contribution in [-0.4, -0.2) is 123 Å². The first-order valence-corrected chi connectivity index (χ1v) is 22.9. The van der Waals surface area contributed by atoms with Gasteiger partial charge in [0.2, 0.25) is 0 Å². The third-order valence-electron chi connectivity index (χ3n) is 15.6. The number of hydrogen-bond acceptors (Lipinski definition) is 13. The fourth-order valence-electron chi connectivity index (χ4n) is 12.5. The fraction of sp³-hybridized carbons (Fsp3) is 0.848. The Hall–Kier alpha value is -1.79. The molecule has 14 nitrogen and oxygen atoms in total. The summed E-state index contributed by atoms with van der Waals surface area (Å²) >= 11 is 0. The van der Waals surface area contributed by atoms with Gasteiger partial charge >= 0.3 is 5.97 Å². The predicted molar refractivity (Wildman–Crippen MR) is 216 cm³/mol. The van der Waals surface area contributed by atoms with E-state index in [-0.39, 0.29) is 55.2 Å². The van der Waals surface area contributed by atoms with Crippen LogP contribution in [0.15, 0.2) is 36.5 Å². The summed E-state index contributed by atoms with van der Waals surface area (Å²) in [4.78, 5) is 11.0. The van der Waals surface area contributed by atoms with Crippen LogP contribution in [0.2, 0.25) is 0 Å². The lowest BCUT2D eigenvalue weighted by atomic mass is 9.79. The average molecular weight is 844 g/mol. The van der Waals surface area contributed by atoms with Crippen molar-refractivity contribution in [2.75, 3.05) is 6.54 Å². The van der Waals surface area contributed by atoms with Crippen LogP contribution in [0.25, 0.3) is 0 Å². The van der Waals surface area contributed by atoms with Gasteiger partial charge in [0, 0.05) is 63.8 Å². The highest BCUT2D eigenvalue weighted by atomic mass is 16.8. The highest BCUT2D eigenvalue weighted by Gasteiger charge is 2.64. The molecular weight excluding hydrogens is 775 g/mol. The van der Waals surface area contributed by atoms with E-state index in [9.17, 15) is 20.1 Å². The molecule has 9 rings (SSSR count). The molecule has 9 aliphatic rings. The minimum absolute atomic E-state index is 0.0478. The van der Waals surface area contributed by atoms with Gasteiger partial charge in [-0.1, -0.05) is 65.5 Å². The summed E-state index contributed by atoms with van der Waals surface area (Å²) < 4.78 is 53.7. The van der Waals surface area contributed by atoms with Crippen molar-refractivity contribution in [3.63, 3.8) is 0 Å².